The number of aryl methyl sites for hydroxylation is 2. The van der Waals surface area contributed by atoms with Crippen molar-refractivity contribution in [3.05, 3.63) is 71.2 Å². The Morgan fingerprint density at radius 2 is 1.96 bits per heavy atom. The van der Waals surface area contributed by atoms with Crippen LogP contribution >= 0.6 is 0 Å². The highest BCUT2D eigenvalue weighted by Crippen LogP contribution is 2.23. The second kappa shape index (κ2) is 6.79. The Balaban J connectivity index is 1.81. The summed E-state index contributed by atoms with van der Waals surface area (Å²) in [5.74, 6) is -0.00497. The quantitative estimate of drug-likeness (QED) is 0.798. The minimum absolute atomic E-state index is 0.00497. The average Bonchev–Trinajstić information content (AvgIpc) is 2.59. The average molecular weight is 319 g/mol. The first-order valence-electron chi connectivity index (χ1n) is 8.10. The summed E-state index contributed by atoms with van der Waals surface area (Å²) in [5, 5.41) is 4.14. The molecule has 0 aliphatic rings. The lowest BCUT2D eigenvalue weighted by atomic mass is 9.99. The van der Waals surface area contributed by atoms with Crippen molar-refractivity contribution >= 4 is 16.8 Å². The first-order valence-corrected chi connectivity index (χ1v) is 8.10. The van der Waals surface area contributed by atoms with E-state index >= 15 is 0 Å². The van der Waals surface area contributed by atoms with Gasteiger partial charge in [0.25, 0.3) is 0 Å². The van der Waals surface area contributed by atoms with Crippen LogP contribution in [0.2, 0.25) is 0 Å². The van der Waals surface area contributed by atoms with Gasteiger partial charge in [-0.15, -0.1) is 0 Å². The molecule has 0 saturated heterocycles. The van der Waals surface area contributed by atoms with Crippen LogP contribution in [0.15, 0.2) is 48.8 Å². The minimum atomic E-state index is -0.0692. The number of hydrogen-bond donors (Lipinski definition) is 1. The highest BCUT2D eigenvalue weighted by Gasteiger charge is 2.15. The second-order valence-corrected chi connectivity index (χ2v) is 6.07. The summed E-state index contributed by atoms with van der Waals surface area (Å²) >= 11 is 0. The Morgan fingerprint density at radius 3 is 2.71 bits per heavy atom. The third-order valence-electron chi connectivity index (χ3n) is 4.38. The molecule has 4 heteroatoms. The zero-order chi connectivity index (χ0) is 17.1. The monoisotopic (exact) mass is 319 g/mol. The molecule has 1 amide bonds. The summed E-state index contributed by atoms with van der Waals surface area (Å²) in [6, 6.07) is 11.8. The van der Waals surface area contributed by atoms with E-state index in [1.54, 1.807) is 12.4 Å². The molecule has 0 aliphatic heterocycles. The van der Waals surface area contributed by atoms with E-state index in [0.717, 1.165) is 33.3 Å². The molecule has 2 aromatic heterocycles. The summed E-state index contributed by atoms with van der Waals surface area (Å²) < 4.78 is 0. The lowest BCUT2D eigenvalue weighted by molar-refractivity contribution is -0.121. The zero-order valence-corrected chi connectivity index (χ0v) is 14.2. The molecule has 1 atom stereocenters. The van der Waals surface area contributed by atoms with Crippen molar-refractivity contribution in [2.24, 2.45) is 0 Å². The summed E-state index contributed by atoms with van der Waals surface area (Å²) in [4.78, 5) is 21.2. The molecule has 1 unspecified atom stereocenters. The number of para-hydroxylation sites is 1. The van der Waals surface area contributed by atoms with Crippen molar-refractivity contribution in [3.8, 4) is 0 Å². The summed E-state index contributed by atoms with van der Waals surface area (Å²) in [6.07, 6.45) is 3.84. The van der Waals surface area contributed by atoms with Crippen LogP contribution in [0, 0.1) is 13.8 Å². The van der Waals surface area contributed by atoms with Crippen LogP contribution in [-0.4, -0.2) is 15.9 Å². The lowest BCUT2D eigenvalue weighted by Crippen LogP contribution is -2.28. The topological polar surface area (TPSA) is 54.9 Å². The van der Waals surface area contributed by atoms with Crippen LogP contribution in [0.4, 0.5) is 0 Å². The normalized spacial score (nSPS) is 12.1. The van der Waals surface area contributed by atoms with Crippen molar-refractivity contribution in [3.63, 3.8) is 0 Å². The number of fused-ring (bicyclic) bond motifs is 1. The van der Waals surface area contributed by atoms with E-state index in [2.05, 4.69) is 28.3 Å². The van der Waals surface area contributed by atoms with Gasteiger partial charge in [0, 0.05) is 23.5 Å². The summed E-state index contributed by atoms with van der Waals surface area (Å²) in [5.41, 5.74) is 5.01. The van der Waals surface area contributed by atoms with Crippen molar-refractivity contribution in [2.45, 2.75) is 33.2 Å². The fraction of sp³-hybridized carbons (Fsp3) is 0.250. The number of pyridine rings is 2. The van der Waals surface area contributed by atoms with E-state index in [0.29, 0.717) is 6.42 Å². The molecule has 3 rings (SSSR count). The van der Waals surface area contributed by atoms with E-state index in [-0.39, 0.29) is 11.9 Å². The van der Waals surface area contributed by atoms with E-state index in [9.17, 15) is 4.79 Å². The molecule has 4 nitrogen and oxygen atoms in total. The van der Waals surface area contributed by atoms with Gasteiger partial charge in [-0.05, 0) is 49.6 Å². The molecular formula is C20H21N3O. The third-order valence-corrected chi connectivity index (χ3v) is 4.38. The Kier molecular flexibility index (Phi) is 4.56. The summed E-state index contributed by atoms with van der Waals surface area (Å²) in [7, 11) is 0. The number of nitrogens with one attached hydrogen (secondary N) is 1. The maximum Gasteiger partial charge on any atom is 0.224 e. The Morgan fingerprint density at radius 1 is 1.17 bits per heavy atom. The van der Waals surface area contributed by atoms with Crippen molar-refractivity contribution < 1.29 is 4.79 Å². The van der Waals surface area contributed by atoms with E-state index < -0.39 is 0 Å². The van der Waals surface area contributed by atoms with Gasteiger partial charge in [0.2, 0.25) is 5.91 Å². The molecule has 0 bridgehead atoms. The summed E-state index contributed by atoms with van der Waals surface area (Å²) in [6.45, 7) is 5.99. The number of hydrogen-bond acceptors (Lipinski definition) is 3. The highest BCUT2D eigenvalue weighted by atomic mass is 16.1. The van der Waals surface area contributed by atoms with E-state index in [4.69, 9.17) is 0 Å². The van der Waals surface area contributed by atoms with Gasteiger partial charge in [-0.3, -0.25) is 14.8 Å². The Hall–Kier alpha value is -2.75. The van der Waals surface area contributed by atoms with Gasteiger partial charge in [-0.1, -0.05) is 24.3 Å². The van der Waals surface area contributed by atoms with E-state index in [1.807, 2.05) is 44.2 Å². The van der Waals surface area contributed by atoms with Crippen molar-refractivity contribution in [1.29, 1.82) is 0 Å². The SMILES string of the molecule is Cc1nc2ccccc2c(C)c1CC(=O)NC(C)c1cccnc1. The number of amides is 1. The first kappa shape index (κ1) is 16.1. The Bertz CT molecular complexity index is 875. The maximum atomic E-state index is 12.5. The molecule has 24 heavy (non-hydrogen) atoms. The van der Waals surface area contributed by atoms with Crippen LogP contribution in [0.3, 0.4) is 0 Å². The molecule has 122 valence electrons. The van der Waals surface area contributed by atoms with Gasteiger partial charge >= 0.3 is 0 Å². The van der Waals surface area contributed by atoms with E-state index in [1.165, 1.54) is 0 Å². The second-order valence-electron chi connectivity index (χ2n) is 6.07. The zero-order valence-electron chi connectivity index (χ0n) is 14.2. The maximum absolute atomic E-state index is 12.5. The predicted octanol–water partition coefficient (Wildman–Crippen LogP) is 3.67. The largest absolute Gasteiger partial charge is 0.349 e. The third kappa shape index (κ3) is 3.27. The van der Waals surface area contributed by atoms with Gasteiger partial charge < -0.3 is 5.32 Å². The first-order chi connectivity index (χ1) is 11.6. The molecule has 1 N–H and O–H groups in total. The Labute approximate surface area is 142 Å². The molecule has 3 aromatic rings. The highest BCUT2D eigenvalue weighted by molar-refractivity contribution is 5.86. The number of nitrogens with zero attached hydrogens (tertiary/aromatic N) is 2. The van der Waals surface area contributed by atoms with Crippen LogP contribution in [0.5, 0.6) is 0 Å². The number of rotatable bonds is 4. The van der Waals surface area contributed by atoms with Gasteiger partial charge in [0.15, 0.2) is 0 Å². The fourth-order valence-electron chi connectivity index (χ4n) is 3.00. The number of carbonyl (C=O) groups excluding carboxylic acids is 1. The van der Waals surface area contributed by atoms with Crippen LogP contribution in [0.1, 0.15) is 35.3 Å². The van der Waals surface area contributed by atoms with Gasteiger partial charge in [-0.2, -0.15) is 0 Å². The van der Waals surface area contributed by atoms with Gasteiger partial charge in [0.1, 0.15) is 0 Å². The molecule has 0 radical (unpaired) electrons. The molecule has 0 aliphatic carbocycles. The van der Waals surface area contributed by atoms with Crippen LogP contribution < -0.4 is 5.32 Å². The molecule has 2 heterocycles. The molecule has 1 aromatic carbocycles. The van der Waals surface area contributed by atoms with Gasteiger partial charge in [-0.25, -0.2) is 0 Å². The minimum Gasteiger partial charge on any atom is -0.349 e. The lowest BCUT2D eigenvalue weighted by Gasteiger charge is -2.16. The fourth-order valence-corrected chi connectivity index (χ4v) is 3.00. The smallest absolute Gasteiger partial charge is 0.224 e. The number of aromatic nitrogens is 2. The predicted molar refractivity (Wildman–Crippen MR) is 95.7 cm³/mol. The number of benzene rings is 1. The number of carbonyl (C=O) groups is 1. The van der Waals surface area contributed by atoms with Crippen LogP contribution in [0.25, 0.3) is 10.9 Å². The standard InChI is InChI=1S/C20H21N3O/c1-13-17-8-4-5-9-19(17)22-15(3)18(13)11-20(24)23-14(2)16-7-6-10-21-12-16/h4-10,12,14H,11H2,1-3H3,(H,23,24). The molecule has 0 fully saturated rings. The van der Waals surface area contributed by atoms with Crippen molar-refractivity contribution in [1.82, 2.24) is 15.3 Å². The molecule has 0 spiro atoms. The molecule has 0 saturated carbocycles. The molecular weight excluding hydrogens is 298 g/mol. The van der Waals surface area contributed by atoms with Gasteiger partial charge in [0.05, 0.1) is 18.0 Å². The van der Waals surface area contributed by atoms with Crippen molar-refractivity contribution in [2.75, 3.05) is 0 Å². The van der Waals surface area contributed by atoms with Crippen LogP contribution in [-0.2, 0) is 11.2 Å².